The molecule has 6 aliphatic rings. The second kappa shape index (κ2) is 11.9. The van der Waals surface area contributed by atoms with E-state index in [1.807, 2.05) is 17.6 Å². The molecule has 3 aromatic rings. The van der Waals surface area contributed by atoms with Crippen molar-refractivity contribution in [2.24, 2.45) is 11.3 Å². The Bertz CT molecular complexity index is 2020. The number of carbonyl (C=O) groups is 2. The zero-order valence-electron chi connectivity index (χ0n) is 29.1. The van der Waals surface area contributed by atoms with Gasteiger partial charge in [-0.15, -0.1) is 10.2 Å². The summed E-state index contributed by atoms with van der Waals surface area (Å²) in [6.45, 7) is 8.26. The van der Waals surface area contributed by atoms with Gasteiger partial charge in [0.1, 0.15) is 23.9 Å². The van der Waals surface area contributed by atoms with Crippen molar-refractivity contribution in [2.45, 2.75) is 89.9 Å². The van der Waals surface area contributed by atoms with E-state index in [1.54, 1.807) is 4.90 Å². The first-order valence-corrected chi connectivity index (χ1v) is 17.7. The topological polar surface area (TPSA) is 160 Å². The molecule has 2 aliphatic heterocycles. The number of nitrogens with zero attached hydrogens (tertiary/aromatic N) is 8. The van der Waals surface area contributed by atoms with E-state index in [9.17, 15) is 19.6 Å². The Hall–Kier alpha value is -4.77. The summed E-state index contributed by atoms with van der Waals surface area (Å²) < 4.78 is 12.8. The van der Waals surface area contributed by atoms with Crippen LogP contribution in [0.4, 0.5) is 5.69 Å². The number of ether oxygens (including phenoxy) is 2. The van der Waals surface area contributed by atoms with Gasteiger partial charge in [0, 0.05) is 43.0 Å². The lowest BCUT2D eigenvalue weighted by Gasteiger charge is -2.72. The standard InChI is InChI=1S/C36H43N9O5/c1-5-24-31(42-10-11-43(26-7-6-25(26)42)34(48)29-22(14-37)15-38-16-27(29)49-4)32(47)30-33(41-45(40-30)23-8-12-50-13-9-23)44(24)17-28(46)39-36-18-35(19-36,20-36)21(2)3/h8,15-16,21,25-26H,5-7,9-13,17-20H2,1-4H3,(H,39,46)/t25-,26-,35?,36?/m0/s1. The maximum atomic E-state index is 14.6. The van der Waals surface area contributed by atoms with E-state index >= 15 is 0 Å². The van der Waals surface area contributed by atoms with Crippen molar-refractivity contribution >= 4 is 34.4 Å². The fourth-order valence-electron chi connectivity index (χ4n) is 9.18. The minimum Gasteiger partial charge on any atom is -0.494 e. The summed E-state index contributed by atoms with van der Waals surface area (Å²) in [7, 11) is 1.46. The summed E-state index contributed by atoms with van der Waals surface area (Å²) in [5.74, 6) is 0.475. The van der Waals surface area contributed by atoms with E-state index in [0.717, 1.165) is 43.5 Å². The molecule has 5 heterocycles. The number of rotatable bonds is 9. The largest absolute Gasteiger partial charge is 0.494 e. The van der Waals surface area contributed by atoms with Gasteiger partial charge in [-0.1, -0.05) is 20.8 Å². The molecule has 0 radical (unpaired) electrons. The molecule has 0 unspecified atom stereocenters. The van der Waals surface area contributed by atoms with Gasteiger partial charge < -0.3 is 29.2 Å². The van der Waals surface area contributed by atoms with Gasteiger partial charge in [-0.2, -0.15) is 10.1 Å². The second-order valence-corrected chi connectivity index (χ2v) is 14.9. The molecule has 262 valence electrons. The average Bonchev–Trinajstić information content (AvgIpc) is 3.52. The minimum absolute atomic E-state index is 0.0234. The normalized spacial score (nSPS) is 26.7. The quantitative estimate of drug-likeness (QED) is 0.356. The molecule has 2 atom stereocenters. The van der Waals surface area contributed by atoms with E-state index in [0.29, 0.717) is 61.8 Å². The van der Waals surface area contributed by atoms with Crippen LogP contribution in [-0.4, -0.2) is 92.3 Å². The number of piperazine rings is 1. The molecular formula is C36H43N9O5. The van der Waals surface area contributed by atoms with Crippen LogP contribution in [0.1, 0.15) is 80.9 Å². The number of nitrogens with one attached hydrogen (secondary N) is 1. The van der Waals surface area contributed by atoms with Crippen molar-refractivity contribution < 1.29 is 19.1 Å². The van der Waals surface area contributed by atoms with Gasteiger partial charge in [-0.05, 0) is 55.9 Å². The van der Waals surface area contributed by atoms with Crippen LogP contribution >= 0.6 is 0 Å². The number of amides is 2. The summed E-state index contributed by atoms with van der Waals surface area (Å²) in [6.07, 6.45) is 10.4. The van der Waals surface area contributed by atoms with Crippen LogP contribution in [0.3, 0.4) is 0 Å². The number of pyridine rings is 2. The fourth-order valence-corrected chi connectivity index (χ4v) is 9.18. The van der Waals surface area contributed by atoms with Crippen LogP contribution in [0.25, 0.3) is 16.9 Å². The van der Waals surface area contributed by atoms with Gasteiger partial charge >= 0.3 is 0 Å². The van der Waals surface area contributed by atoms with Gasteiger partial charge in [-0.3, -0.25) is 19.4 Å². The van der Waals surface area contributed by atoms with Crippen LogP contribution in [0, 0.1) is 22.7 Å². The van der Waals surface area contributed by atoms with Crippen LogP contribution < -0.4 is 20.4 Å². The zero-order chi connectivity index (χ0) is 34.9. The van der Waals surface area contributed by atoms with Crippen molar-refractivity contribution in [1.29, 1.82) is 5.26 Å². The number of hydrogen-bond donors (Lipinski definition) is 1. The molecular weight excluding hydrogens is 638 g/mol. The number of aromatic nitrogens is 5. The third-order valence-electron chi connectivity index (χ3n) is 12.0. The van der Waals surface area contributed by atoms with E-state index in [-0.39, 0.29) is 63.8 Å². The maximum absolute atomic E-state index is 14.6. The van der Waals surface area contributed by atoms with Crippen molar-refractivity contribution in [3.05, 3.63) is 45.5 Å². The Morgan fingerprint density at radius 1 is 1.16 bits per heavy atom. The zero-order valence-corrected chi connectivity index (χ0v) is 29.1. The van der Waals surface area contributed by atoms with Crippen molar-refractivity contribution in [2.75, 3.05) is 38.3 Å². The van der Waals surface area contributed by atoms with Crippen LogP contribution in [0.15, 0.2) is 23.3 Å². The van der Waals surface area contributed by atoms with Gasteiger partial charge in [-0.25, -0.2) is 0 Å². The highest BCUT2D eigenvalue weighted by Gasteiger charge is 2.69. The Morgan fingerprint density at radius 3 is 2.58 bits per heavy atom. The molecule has 2 bridgehead atoms. The molecule has 5 fully saturated rings. The molecule has 0 spiro atoms. The summed E-state index contributed by atoms with van der Waals surface area (Å²) in [4.78, 5) is 51.9. The molecule has 4 saturated carbocycles. The monoisotopic (exact) mass is 681 g/mol. The molecule has 4 aliphatic carbocycles. The van der Waals surface area contributed by atoms with Crippen molar-refractivity contribution in [3.63, 3.8) is 0 Å². The number of fused-ring (bicyclic) bond motifs is 2. The Kier molecular flexibility index (Phi) is 7.74. The Balaban J connectivity index is 1.15. The molecule has 3 aromatic heterocycles. The fraction of sp³-hybridized carbons (Fsp3) is 0.583. The maximum Gasteiger partial charge on any atom is 0.259 e. The van der Waals surface area contributed by atoms with Gasteiger partial charge in [0.05, 0.1) is 43.8 Å². The van der Waals surface area contributed by atoms with Crippen molar-refractivity contribution in [3.8, 4) is 11.8 Å². The third-order valence-corrected chi connectivity index (χ3v) is 12.0. The summed E-state index contributed by atoms with van der Waals surface area (Å²) in [6, 6.07) is 1.79. The van der Waals surface area contributed by atoms with E-state index < -0.39 is 0 Å². The molecule has 50 heavy (non-hydrogen) atoms. The van der Waals surface area contributed by atoms with E-state index in [1.165, 1.54) is 24.3 Å². The summed E-state index contributed by atoms with van der Waals surface area (Å²) in [5.41, 5.74) is 3.07. The van der Waals surface area contributed by atoms with Gasteiger partial charge in [0.25, 0.3) is 5.91 Å². The minimum atomic E-state index is -0.282. The number of carbonyl (C=O) groups excluding carboxylic acids is 2. The number of hydrogen-bond acceptors (Lipinski definition) is 10. The third kappa shape index (κ3) is 4.84. The van der Waals surface area contributed by atoms with E-state index in [2.05, 4.69) is 35.1 Å². The Morgan fingerprint density at radius 2 is 1.94 bits per heavy atom. The average molecular weight is 682 g/mol. The lowest BCUT2D eigenvalue weighted by Crippen LogP contribution is -2.76. The van der Waals surface area contributed by atoms with Gasteiger partial charge in [0.2, 0.25) is 11.3 Å². The van der Waals surface area contributed by atoms with Crippen molar-refractivity contribution in [1.82, 2.24) is 34.8 Å². The molecule has 14 heteroatoms. The van der Waals surface area contributed by atoms with E-state index in [4.69, 9.17) is 19.7 Å². The highest BCUT2D eigenvalue weighted by Crippen LogP contribution is 2.70. The molecule has 1 saturated heterocycles. The number of methoxy groups -OCH3 is 1. The predicted molar refractivity (Wildman–Crippen MR) is 184 cm³/mol. The smallest absolute Gasteiger partial charge is 0.259 e. The highest BCUT2D eigenvalue weighted by atomic mass is 16.5. The first-order valence-electron chi connectivity index (χ1n) is 17.7. The first kappa shape index (κ1) is 32.4. The molecule has 9 rings (SSSR count). The SMILES string of the molecule is CCc1c(N2CCN(C(=O)c3c(C#N)cncc3OC)[C@H]3CC[C@@H]32)c(=O)c2nn(C3=CCOCC3)nc2n1CC(=O)NC12CC(C(C)C)(C1)C2. The molecule has 1 N–H and O–H groups in total. The summed E-state index contributed by atoms with van der Waals surface area (Å²) in [5, 5.41) is 22.7. The van der Waals surface area contributed by atoms with Crippen LogP contribution in [-0.2, 0) is 22.5 Å². The number of nitriles is 1. The lowest BCUT2D eigenvalue weighted by molar-refractivity contribution is -0.187. The number of anilines is 1. The van der Waals surface area contributed by atoms with Crippen LogP contribution in [0.5, 0.6) is 5.75 Å². The van der Waals surface area contributed by atoms with Crippen LogP contribution in [0.2, 0.25) is 0 Å². The highest BCUT2D eigenvalue weighted by molar-refractivity contribution is 5.99. The first-order chi connectivity index (χ1) is 24.1. The predicted octanol–water partition coefficient (Wildman–Crippen LogP) is 2.88. The molecule has 0 aromatic carbocycles. The van der Waals surface area contributed by atoms with Gasteiger partial charge in [0.15, 0.2) is 16.9 Å². The lowest BCUT2D eigenvalue weighted by atomic mass is 9.36. The molecule has 14 nitrogen and oxygen atoms in total. The Labute approximate surface area is 290 Å². The molecule has 2 amide bonds. The summed E-state index contributed by atoms with van der Waals surface area (Å²) >= 11 is 0. The second-order valence-electron chi connectivity index (χ2n) is 14.9.